The van der Waals surface area contributed by atoms with Gasteiger partial charge in [0, 0.05) is 39.3 Å². The SMILES string of the molecule is CCNC(=O)[C@H](C)N1CCN(C/C=C/c2ccccc2)CC1. The van der Waals surface area contributed by atoms with Crippen LogP contribution in [0.15, 0.2) is 36.4 Å². The van der Waals surface area contributed by atoms with E-state index in [1.807, 2.05) is 19.9 Å². The van der Waals surface area contributed by atoms with Crippen molar-refractivity contribution in [1.29, 1.82) is 0 Å². The van der Waals surface area contributed by atoms with E-state index in [0.29, 0.717) is 6.54 Å². The summed E-state index contributed by atoms with van der Waals surface area (Å²) in [6, 6.07) is 10.3. The number of likely N-dealkylation sites (N-methyl/N-ethyl adjacent to an activating group) is 1. The summed E-state index contributed by atoms with van der Waals surface area (Å²) in [5, 5.41) is 2.90. The summed E-state index contributed by atoms with van der Waals surface area (Å²) in [5.74, 6) is 0.139. The molecule has 0 spiro atoms. The van der Waals surface area contributed by atoms with E-state index >= 15 is 0 Å². The number of hydrogen-bond donors (Lipinski definition) is 1. The fraction of sp³-hybridized carbons (Fsp3) is 0.500. The van der Waals surface area contributed by atoms with Gasteiger partial charge in [-0.15, -0.1) is 0 Å². The van der Waals surface area contributed by atoms with Crippen LogP contribution in [0.4, 0.5) is 0 Å². The third kappa shape index (κ3) is 4.97. The maximum absolute atomic E-state index is 11.9. The molecule has 4 heteroatoms. The van der Waals surface area contributed by atoms with Crippen molar-refractivity contribution < 1.29 is 4.79 Å². The van der Waals surface area contributed by atoms with E-state index in [0.717, 1.165) is 32.7 Å². The molecule has 1 aliphatic rings. The molecule has 1 N–H and O–H groups in total. The lowest BCUT2D eigenvalue weighted by atomic mass is 10.2. The number of hydrogen-bond acceptors (Lipinski definition) is 3. The molecule has 0 aromatic heterocycles. The van der Waals surface area contributed by atoms with Crippen molar-refractivity contribution in [2.75, 3.05) is 39.3 Å². The molecular formula is C18H27N3O. The number of nitrogens with one attached hydrogen (secondary N) is 1. The van der Waals surface area contributed by atoms with Gasteiger partial charge in [-0.05, 0) is 19.4 Å². The second kappa shape index (κ2) is 8.71. The van der Waals surface area contributed by atoms with Gasteiger partial charge in [-0.3, -0.25) is 14.6 Å². The van der Waals surface area contributed by atoms with Gasteiger partial charge in [0.2, 0.25) is 5.91 Å². The van der Waals surface area contributed by atoms with Gasteiger partial charge < -0.3 is 5.32 Å². The molecule has 0 saturated carbocycles. The van der Waals surface area contributed by atoms with Crippen LogP contribution in [0.2, 0.25) is 0 Å². The van der Waals surface area contributed by atoms with E-state index in [4.69, 9.17) is 0 Å². The molecule has 1 saturated heterocycles. The van der Waals surface area contributed by atoms with Crippen molar-refractivity contribution in [2.45, 2.75) is 19.9 Å². The highest BCUT2D eigenvalue weighted by Gasteiger charge is 2.24. The average molecular weight is 301 g/mol. The van der Waals surface area contributed by atoms with Crippen LogP contribution in [-0.4, -0.2) is 61.0 Å². The third-order valence-electron chi connectivity index (χ3n) is 4.16. The molecule has 1 aromatic carbocycles. The highest BCUT2D eigenvalue weighted by molar-refractivity contribution is 5.81. The standard InChI is InChI=1S/C18H27N3O/c1-3-19-18(22)16(2)21-14-12-20(13-15-21)11-7-10-17-8-5-4-6-9-17/h4-10,16H,3,11-15H2,1-2H3,(H,19,22)/b10-7+/t16-/m0/s1. The topological polar surface area (TPSA) is 35.6 Å². The van der Waals surface area contributed by atoms with Crippen LogP contribution in [0.25, 0.3) is 6.08 Å². The number of carbonyl (C=O) groups is 1. The third-order valence-corrected chi connectivity index (χ3v) is 4.16. The molecule has 1 amide bonds. The van der Waals surface area contributed by atoms with Crippen molar-refractivity contribution in [1.82, 2.24) is 15.1 Å². The Morgan fingerprint density at radius 1 is 1.23 bits per heavy atom. The predicted octanol–water partition coefficient (Wildman–Crippen LogP) is 1.84. The van der Waals surface area contributed by atoms with Crippen molar-refractivity contribution in [2.24, 2.45) is 0 Å². The Bertz CT molecular complexity index is 478. The van der Waals surface area contributed by atoms with Gasteiger partial charge in [0.15, 0.2) is 0 Å². The molecule has 1 atom stereocenters. The van der Waals surface area contributed by atoms with Crippen LogP contribution < -0.4 is 5.32 Å². The zero-order chi connectivity index (χ0) is 15.8. The van der Waals surface area contributed by atoms with E-state index in [9.17, 15) is 4.79 Å². The van der Waals surface area contributed by atoms with Gasteiger partial charge in [-0.1, -0.05) is 42.5 Å². The fourth-order valence-corrected chi connectivity index (χ4v) is 2.72. The summed E-state index contributed by atoms with van der Waals surface area (Å²) in [4.78, 5) is 16.6. The Morgan fingerprint density at radius 3 is 2.55 bits per heavy atom. The van der Waals surface area contributed by atoms with Crippen molar-refractivity contribution in [3.63, 3.8) is 0 Å². The molecule has 1 aliphatic heterocycles. The number of nitrogens with zero attached hydrogens (tertiary/aromatic N) is 2. The lowest BCUT2D eigenvalue weighted by Gasteiger charge is -2.37. The van der Waals surface area contributed by atoms with E-state index in [2.05, 4.69) is 51.5 Å². The molecule has 22 heavy (non-hydrogen) atoms. The zero-order valence-corrected chi connectivity index (χ0v) is 13.7. The predicted molar refractivity (Wildman–Crippen MR) is 91.6 cm³/mol. The maximum atomic E-state index is 11.9. The van der Waals surface area contributed by atoms with Crippen LogP contribution in [-0.2, 0) is 4.79 Å². The van der Waals surface area contributed by atoms with Crippen LogP contribution in [0.1, 0.15) is 19.4 Å². The van der Waals surface area contributed by atoms with E-state index in [1.54, 1.807) is 0 Å². The number of carbonyl (C=O) groups excluding carboxylic acids is 1. The highest BCUT2D eigenvalue weighted by Crippen LogP contribution is 2.07. The van der Waals surface area contributed by atoms with Crippen LogP contribution >= 0.6 is 0 Å². The van der Waals surface area contributed by atoms with Crippen LogP contribution in [0, 0.1) is 0 Å². The molecule has 120 valence electrons. The number of amides is 1. The van der Waals surface area contributed by atoms with Gasteiger partial charge in [0.05, 0.1) is 6.04 Å². The van der Waals surface area contributed by atoms with E-state index in [-0.39, 0.29) is 11.9 Å². The molecule has 0 unspecified atom stereocenters. The fourth-order valence-electron chi connectivity index (χ4n) is 2.72. The van der Waals surface area contributed by atoms with Crippen LogP contribution in [0.3, 0.4) is 0 Å². The number of rotatable bonds is 6. The van der Waals surface area contributed by atoms with Crippen molar-refractivity contribution >= 4 is 12.0 Å². The summed E-state index contributed by atoms with van der Waals surface area (Å²) >= 11 is 0. The first-order chi connectivity index (χ1) is 10.7. The highest BCUT2D eigenvalue weighted by atomic mass is 16.2. The summed E-state index contributed by atoms with van der Waals surface area (Å²) < 4.78 is 0. The summed E-state index contributed by atoms with van der Waals surface area (Å²) in [6.45, 7) is 9.57. The molecule has 2 rings (SSSR count). The second-order valence-corrected chi connectivity index (χ2v) is 5.72. The smallest absolute Gasteiger partial charge is 0.237 e. The number of benzene rings is 1. The zero-order valence-electron chi connectivity index (χ0n) is 13.7. The largest absolute Gasteiger partial charge is 0.355 e. The lowest BCUT2D eigenvalue weighted by molar-refractivity contribution is -0.126. The second-order valence-electron chi connectivity index (χ2n) is 5.72. The summed E-state index contributed by atoms with van der Waals surface area (Å²) in [5.41, 5.74) is 1.24. The van der Waals surface area contributed by atoms with Gasteiger partial charge in [-0.25, -0.2) is 0 Å². The van der Waals surface area contributed by atoms with Gasteiger partial charge in [0.1, 0.15) is 0 Å². The minimum atomic E-state index is -0.0260. The first kappa shape index (κ1) is 16.7. The molecule has 0 bridgehead atoms. The van der Waals surface area contributed by atoms with Crippen molar-refractivity contribution in [3.8, 4) is 0 Å². The molecule has 1 heterocycles. The van der Waals surface area contributed by atoms with Crippen molar-refractivity contribution in [3.05, 3.63) is 42.0 Å². The monoisotopic (exact) mass is 301 g/mol. The first-order valence-electron chi connectivity index (χ1n) is 8.16. The number of piperazine rings is 1. The van der Waals surface area contributed by atoms with Gasteiger partial charge in [-0.2, -0.15) is 0 Å². The minimum absolute atomic E-state index is 0.0260. The molecule has 0 aliphatic carbocycles. The van der Waals surface area contributed by atoms with E-state index in [1.165, 1.54) is 5.56 Å². The molecule has 4 nitrogen and oxygen atoms in total. The van der Waals surface area contributed by atoms with E-state index < -0.39 is 0 Å². The molecule has 1 fully saturated rings. The maximum Gasteiger partial charge on any atom is 0.237 e. The molecular weight excluding hydrogens is 274 g/mol. The Morgan fingerprint density at radius 2 is 1.91 bits per heavy atom. The minimum Gasteiger partial charge on any atom is -0.355 e. The van der Waals surface area contributed by atoms with Gasteiger partial charge in [0.25, 0.3) is 0 Å². The lowest BCUT2D eigenvalue weighted by Crippen LogP contribution is -2.53. The molecule has 1 aromatic rings. The quantitative estimate of drug-likeness (QED) is 0.871. The first-order valence-corrected chi connectivity index (χ1v) is 8.16. The Hall–Kier alpha value is -1.65. The molecule has 0 radical (unpaired) electrons. The van der Waals surface area contributed by atoms with Gasteiger partial charge >= 0.3 is 0 Å². The summed E-state index contributed by atoms with van der Waals surface area (Å²) in [6.07, 6.45) is 4.39. The Labute approximate surface area is 133 Å². The van der Waals surface area contributed by atoms with Crippen LogP contribution in [0.5, 0.6) is 0 Å². The normalized spacial score (nSPS) is 18.5. The average Bonchev–Trinajstić information content (AvgIpc) is 2.56. The summed E-state index contributed by atoms with van der Waals surface area (Å²) in [7, 11) is 0. The Kier molecular flexibility index (Phi) is 6.62. The Balaban J connectivity index is 1.73.